The minimum atomic E-state index is -4.09. The van der Waals surface area contributed by atoms with Crippen molar-refractivity contribution in [1.82, 2.24) is 20.4 Å². The van der Waals surface area contributed by atoms with Gasteiger partial charge in [-0.3, -0.25) is 66.7 Å². The molecule has 70 heavy (non-hydrogen) atoms. The van der Waals surface area contributed by atoms with Gasteiger partial charge in [-0.05, 0) is 42.0 Å². The smallest absolute Gasteiger partial charge is 0.317 e. The average Bonchev–Trinajstić information content (AvgIpc) is 3.23. The molecule has 0 radical (unpaired) electrons. The second kappa shape index (κ2) is 28.7. The number of benzene rings is 2. The minimum Gasteiger partial charge on any atom is -0.755 e. The third-order valence-electron chi connectivity index (χ3n) is 9.69. The molecule has 384 valence electrons. The lowest BCUT2D eigenvalue weighted by Gasteiger charge is -2.27. The quantitative estimate of drug-likeness (QED) is 0.0256. The zero-order valence-electron chi connectivity index (χ0n) is 36.7. The summed E-state index contributed by atoms with van der Waals surface area (Å²) in [5.41, 5.74) is 0.653. The van der Waals surface area contributed by atoms with E-state index in [0.717, 1.165) is 21.9 Å². The van der Waals surface area contributed by atoms with Crippen LogP contribution in [0.3, 0.4) is 0 Å². The molecule has 30 heteroatoms. The Morgan fingerprint density at radius 2 is 1.11 bits per heavy atom. The summed E-state index contributed by atoms with van der Waals surface area (Å²) in [4.78, 5) is 140. The Hall–Kier alpha value is -6.70. The Balaban J connectivity index is 2.38. The summed E-state index contributed by atoms with van der Waals surface area (Å²) in [6, 6.07) is 6.32. The number of Topliss-reactive ketones (excluding diaryl/α,β-unsaturated/α-hetero) is 3. The molecule has 0 aliphatic carbocycles. The van der Waals surface area contributed by atoms with E-state index >= 15 is 0 Å². The van der Waals surface area contributed by atoms with Gasteiger partial charge in [-0.2, -0.15) is 12.6 Å². The number of carboxylic acids is 5. The summed E-state index contributed by atoms with van der Waals surface area (Å²) >= 11 is 1.21. The van der Waals surface area contributed by atoms with E-state index in [1.165, 1.54) is 36.4 Å². The molecule has 0 aromatic heterocycles. The van der Waals surface area contributed by atoms with Crippen LogP contribution >= 0.6 is 12.6 Å². The van der Waals surface area contributed by atoms with Gasteiger partial charge in [-0.15, -0.1) is 0 Å². The fourth-order valence-electron chi connectivity index (χ4n) is 6.39. The molecule has 2 aromatic rings. The van der Waals surface area contributed by atoms with Gasteiger partial charge < -0.3 is 50.8 Å². The fourth-order valence-corrected chi connectivity index (χ4v) is 7.52. The molecule has 2 rings (SSSR count). The van der Waals surface area contributed by atoms with Crippen molar-refractivity contribution in [3.05, 3.63) is 54.1 Å². The van der Waals surface area contributed by atoms with E-state index in [0.29, 0.717) is 5.56 Å². The number of anilines is 2. The van der Waals surface area contributed by atoms with E-state index in [-0.39, 0.29) is 41.5 Å². The first kappa shape index (κ1) is 59.4. The molecular formula is C40H50N7O20S3-. The largest absolute Gasteiger partial charge is 0.755 e. The second-order valence-electron chi connectivity index (χ2n) is 15.4. The highest BCUT2D eigenvalue weighted by Gasteiger charge is 2.35. The van der Waals surface area contributed by atoms with Crippen LogP contribution in [0.4, 0.5) is 11.4 Å². The van der Waals surface area contributed by atoms with Gasteiger partial charge in [0.1, 0.15) is 0 Å². The number of nitrogens with one attached hydrogen (secondary N) is 4. The van der Waals surface area contributed by atoms with Gasteiger partial charge in [-0.25, -0.2) is 13.6 Å². The van der Waals surface area contributed by atoms with Crippen LogP contribution in [-0.4, -0.2) is 175 Å². The van der Waals surface area contributed by atoms with Crippen molar-refractivity contribution < 1.29 is 95.5 Å². The number of ketones is 3. The summed E-state index contributed by atoms with van der Waals surface area (Å²) in [5.74, 6) is -17.6. The Kier molecular flexibility index (Phi) is 24.4. The number of rotatable bonds is 34. The van der Waals surface area contributed by atoms with Gasteiger partial charge in [-0.1, -0.05) is 12.1 Å². The van der Waals surface area contributed by atoms with Gasteiger partial charge in [0.15, 0.2) is 17.3 Å². The van der Waals surface area contributed by atoms with Gasteiger partial charge in [0, 0.05) is 60.7 Å². The maximum atomic E-state index is 13.6. The van der Waals surface area contributed by atoms with E-state index in [2.05, 4.69) is 28.0 Å². The SMILES string of the molecule is NS(=O)(=O)c1ccc(CC(=O)CN(CCN(CC(=O)O)CC(=O)Nc2ccc(NS(=O)[O-])cc2)CC(=O)N[C@@H](CC(=O)O)C(=O)C[C@@H](CC(=O)O)C(=O)N[C@@H](CC(=O)O)C(=O)C[C@@H](CS)C(=O)O)cc1. The van der Waals surface area contributed by atoms with Crippen LogP contribution in [-0.2, 0) is 80.5 Å². The molecule has 5 atom stereocenters. The lowest BCUT2D eigenvalue weighted by Crippen LogP contribution is -2.50. The van der Waals surface area contributed by atoms with Gasteiger partial charge in [0.2, 0.25) is 27.7 Å². The van der Waals surface area contributed by atoms with E-state index in [1.807, 2.05) is 5.32 Å². The van der Waals surface area contributed by atoms with Crippen LogP contribution in [0.2, 0.25) is 0 Å². The molecule has 27 nitrogen and oxygen atoms in total. The zero-order chi connectivity index (χ0) is 52.9. The highest BCUT2D eigenvalue weighted by atomic mass is 32.2. The number of hydrogen-bond donors (Lipinski definition) is 11. The van der Waals surface area contributed by atoms with E-state index < -0.39 is 168 Å². The molecule has 1 unspecified atom stereocenters. The maximum Gasteiger partial charge on any atom is 0.317 e. The van der Waals surface area contributed by atoms with Crippen LogP contribution in [0.15, 0.2) is 53.4 Å². The average molecular weight is 1050 g/mol. The van der Waals surface area contributed by atoms with Gasteiger partial charge in [0.25, 0.3) is 0 Å². The lowest BCUT2D eigenvalue weighted by atomic mass is 9.92. The molecule has 0 aliphatic rings. The van der Waals surface area contributed by atoms with Gasteiger partial charge in [0.05, 0.1) is 74.3 Å². The summed E-state index contributed by atoms with van der Waals surface area (Å²) in [6.45, 7) is -3.43. The number of carboxylic acid groups (broad SMARTS) is 5. The Labute approximate surface area is 406 Å². The summed E-state index contributed by atoms with van der Waals surface area (Å²) in [6.07, 6.45) is -5.59. The monoisotopic (exact) mass is 1040 g/mol. The van der Waals surface area contributed by atoms with Crippen LogP contribution < -0.4 is 25.8 Å². The summed E-state index contributed by atoms with van der Waals surface area (Å²) in [5, 5.41) is 59.2. The molecule has 0 bridgehead atoms. The second-order valence-corrected chi connectivity index (χ2v) is 18.0. The first-order chi connectivity index (χ1) is 32.6. The van der Waals surface area contributed by atoms with E-state index in [9.17, 15) is 95.5 Å². The van der Waals surface area contributed by atoms with Crippen molar-refractivity contribution >= 4 is 110 Å². The van der Waals surface area contributed by atoms with Crippen molar-refractivity contribution in [3.63, 3.8) is 0 Å². The van der Waals surface area contributed by atoms with Crippen molar-refractivity contribution in [1.29, 1.82) is 0 Å². The highest BCUT2D eigenvalue weighted by Crippen LogP contribution is 2.17. The number of hydrogen-bond acceptors (Lipinski definition) is 18. The molecule has 0 spiro atoms. The third-order valence-corrected chi connectivity index (χ3v) is 11.5. The Morgan fingerprint density at radius 3 is 1.59 bits per heavy atom. The summed E-state index contributed by atoms with van der Waals surface area (Å²) in [7, 11) is -4.09. The number of primary sulfonamides is 1. The standard InChI is InChI=1S/C40H51N7O20S3/c41-70(66,67)28-7-1-22(2-8-28)11-27(48)17-46(9-10-47(20-38(59)60)18-33(51)42-25-3-5-26(6-4-25)45-69(64)65)19-34(52)43-29(15-36(55)56)31(49)12-23(14-35(53)54)39(61)44-30(16-37(57)58)32(50)13-24(21-68)40(62)63/h1-8,23-24,29-30,45,68H,9-21H2,(H,42,51)(H,43,52)(H,44,61)(H,53,54)(H,55,56)(H,57,58)(H,59,60)(H,62,63)(H,64,65)(H2,41,66,67)/p-1/t23-,24-,29-,30-/m0/s1. The Bertz CT molecular complexity index is 2400. The van der Waals surface area contributed by atoms with Gasteiger partial charge >= 0.3 is 29.8 Å². The molecule has 0 fully saturated rings. The molecular weight excluding hydrogens is 995 g/mol. The number of nitrogens with two attached hydrogens (primary N) is 1. The van der Waals surface area contributed by atoms with Crippen LogP contribution in [0, 0.1) is 11.8 Å². The predicted octanol–water partition coefficient (Wildman–Crippen LogP) is -2.46. The predicted molar refractivity (Wildman–Crippen MR) is 243 cm³/mol. The zero-order valence-corrected chi connectivity index (χ0v) is 39.2. The normalized spacial score (nSPS) is 13.4. The number of thiol groups is 1. The third kappa shape index (κ3) is 23.1. The number of aliphatic carboxylic acids is 5. The van der Waals surface area contributed by atoms with E-state index in [4.69, 9.17) is 5.14 Å². The van der Waals surface area contributed by atoms with E-state index in [1.54, 1.807) is 0 Å². The number of sulfonamides is 1. The molecule has 2 aromatic carbocycles. The molecule has 3 amide bonds. The topological polar surface area (TPSA) is 444 Å². The molecule has 0 aliphatic heterocycles. The molecule has 0 heterocycles. The molecule has 0 saturated heterocycles. The van der Waals surface area contributed by atoms with Crippen LogP contribution in [0.5, 0.6) is 0 Å². The fraction of sp³-hybridized carbons (Fsp3) is 0.425. The maximum absolute atomic E-state index is 13.6. The van der Waals surface area contributed by atoms with Crippen molar-refractivity contribution in [3.8, 4) is 0 Å². The lowest BCUT2D eigenvalue weighted by molar-refractivity contribution is -0.145. The number of carbonyl (C=O) groups excluding carboxylic acids is 6. The number of carbonyl (C=O) groups is 11. The number of amides is 3. The first-order valence-electron chi connectivity index (χ1n) is 20.4. The van der Waals surface area contributed by atoms with Crippen LogP contribution in [0.25, 0.3) is 0 Å². The van der Waals surface area contributed by atoms with Crippen LogP contribution in [0.1, 0.15) is 37.7 Å². The molecule has 0 saturated carbocycles. The minimum absolute atomic E-state index is 0.166. The summed E-state index contributed by atoms with van der Waals surface area (Å²) < 4.78 is 47.3. The molecule has 11 N–H and O–H groups in total. The Morgan fingerprint density at radius 1 is 0.629 bits per heavy atom. The van der Waals surface area contributed by atoms with Crippen molar-refractivity contribution in [2.75, 3.05) is 55.1 Å². The first-order valence-corrected chi connectivity index (χ1v) is 23.6. The highest BCUT2D eigenvalue weighted by molar-refractivity contribution is 7.89. The van der Waals surface area contributed by atoms with Crippen molar-refractivity contribution in [2.45, 2.75) is 55.5 Å². The van der Waals surface area contributed by atoms with Crippen molar-refractivity contribution in [2.24, 2.45) is 17.0 Å². The number of nitrogens with zero attached hydrogens (tertiary/aromatic N) is 2.